The Morgan fingerprint density at radius 3 is 2.60 bits per heavy atom. The highest BCUT2D eigenvalue weighted by atomic mass is 32.1. The fourth-order valence-corrected chi connectivity index (χ4v) is 2.12. The first kappa shape index (κ1) is 12.2. The van der Waals surface area contributed by atoms with Gasteiger partial charge in [-0.2, -0.15) is 0 Å². The smallest absolute Gasteiger partial charge is 0.307 e. The predicted molar refractivity (Wildman–Crippen MR) is 62.1 cm³/mol. The third-order valence-corrected chi connectivity index (χ3v) is 3.68. The van der Waals surface area contributed by atoms with Gasteiger partial charge in [-0.3, -0.25) is 4.79 Å². The maximum Gasteiger partial charge on any atom is 0.307 e. The van der Waals surface area contributed by atoms with Crippen LogP contribution in [-0.2, 0) is 4.79 Å². The molecule has 0 spiro atoms. The Morgan fingerprint density at radius 2 is 2.13 bits per heavy atom. The first-order valence-corrected chi connectivity index (χ1v) is 5.92. The zero-order valence-electron chi connectivity index (χ0n) is 9.23. The van der Waals surface area contributed by atoms with Crippen LogP contribution in [0.3, 0.4) is 0 Å². The summed E-state index contributed by atoms with van der Waals surface area (Å²) in [6.45, 7) is 5.68. The zero-order valence-corrected chi connectivity index (χ0v) is 10.0. The summed E-state index contributed by atoms with van der Waals surface area (Å²) >= 11 is 1.68. The van der Waals surface area contributed by atoms with E-state index in [0.717, 1.165) is 0 Å². The third-order valence-electron chi connectivity index (χ3n) is 2.62. The largest absolute Gasteiger partial charge is 0.481 e. The molecule has 1 rings (SSSR count). The van der Waals surface area contributed by atoms with Gasteiger partial charge in [-0.1, -0.05) is 13.0 Å². The van der Waals surface area contributed by atoms with Crippen molar-refractivity contribution in [2.75, 3.05) is 0 Å². The number of rotatable bonds is 5. The Balaban J connectivity index is 2.51. The highest BCUT2D eigenvalue weighted by molar-refractivity contribution is 7.10. The minimum Gasteiger partial charge on any atom is -0.481 e. The van der Waals surface area contributed by atoms with Crippen LogP contribution in [0.1, 0.15) is 31.7 Å². The maximum atomic E-state index is 10.8. The Hall–Kier alpha value is -0.870. The Bertz CT molecular complexity index is 310. The minimum absolute atomic E-state index is 0.0281. The molecule has 3 unspecified atom stereocenters. The number of carboxylic acid groups (broad SMARTS) is 1. The molecule has 1 aromatic heterocycles. The Kier molecular flexibility index (Phi) is 4.29. The van der Waals surface area contributed by atoms with E-state index < -0.39 is 5.97 Å². The molecule has 0 aromatic carbocycles. The standard InChI is InChI=1S/C11H17NO2S/c1-7(11(13)14)8(2)12-9(3)10-5-4-6-15-10/h4-9,12H,1-3H3,(H,13,14). The highest BCUT2D eigenvalue weighted by Crippen LogP contribution is 2.19. The van der Waals surface area contributed by atoms with E-state index in [1.807, 2.05) is 18.4 Å². The molecule has 0 bridgehead atoms. The first-order valence-electron chi connectivity index (χ1n) is 5.04. The molecule has 1 heterocycles. The van der Waals surface area contributed by atoms with Gasteiger partial charge >= 0.3 is 5.97 Å². The van der Waals surface area contributed by atoms with E-state index in [-0.39, 0.29) is 18.0 Å². The molecular formula is C11H17NO2S. The molecule has 1 aromatic rings. The molecule has 0 amide bonds. The number of carbonyl (C=O) groups is 1. The molecule has 0 aliphatic rings. The van der Waals surface area contributed by atoms with Crippen molar-refractivity contribution in [3.63, 3.8) is 0 Å². The van der Waals surface area contributed by atoms with Crippen LogP contribution >= 0.6 is 11.3 Å². The lowest BCUT2D eigenvalue weighted by atomic mass is 10.0. The molecule has 0 aliphatic carbocycles. The molecule has 0 saturated heterocycles. The van der Waals surface area contributed by atoms with Crippen molar-refractivity contribution in [3.8, 4) is 0 Å². The molecule has 0 radical (unpaired) electrons. The van der Waals surface area contributed by atoms with Crippen LogP contribution in [0.4, 0.5) is 0 Å². The van der Waals surface area contributed by atoms with Gasteiger partial charge in [0.25, 0.3) is 0 Å². The summed E-state index contributed by atoms with van der Waals surface area (Å²) in [5, 5.41) is 14.2. The summed E-state index contributed by atoms with van der Waals surface area (Å²) in [5.41, 5.74) is 0. The van der Waals surface area contributed by atoms with E-state index in [1.54, 1.807) is 18.3 Å². The van der Waals surface area contributed by atoms with Gasteiger partial charge in [0.2, 0.25) is 0 Å². The summed E-state index contributed by atoms with van der Waals surface area (Å²) in [7, 11) is 0. The summed E-state index contributed by atoms with van der Waals surface area (Å²) in [6, 6.07) is 4.24. The number of hydrogen-bond donors (Lipinski definition) is 2. The van der Waals surface area contributed by atoms with Crippen LogP contribution in [0.2, 0.25) is 0 Å². The van der Waals surface area contributed by atoms with Gasteiger partial charge < -0.3 is 10.4 Å². The van der Waals surface area contributed by atoms with E-state index in [4.69, 9.17) is 5.11 Å². The molecular weight excluding hydrogens is 210 g/mol. The molecule has 3 atom stereocenters. The molecule has 0 saturated carbocycles. The van der Waals surface area contributed by atoms with Gasteiger partial charge in [-0.15, -0.1) is 11.3 Å². The predicted octanol–water partition coefficient (Wildman–Crippen LogP) is 2.51. The molecule has 3 nitrogen and oxygen atoms in total. The van der Waals surface area contributed by atoms with Gasteiger partial charge in [0.15, 0.2) is 0 Å². The van der Waals surface area contributed by atoms with E-state index >= 15 is 0 Å². The molecule has 2 N–H and O–H groups in total. The molecule has 0 aliphatic heterocycles. The average Bonchev–Trinajstić information content (AvgIpc) is 2.68. The number of hydrogen-bond acceptors (Lipinski definition) is 3. The van der Waals surface area contributed by atoms with Gasteiger partial charge in [0, 0.05) is 17.0 Å². The van der Waals surface area contributed by atoms with Crippen LogP contribution < -0.4 is 5.32 Å². The summed E-state index contributed by atoms with van der Waals surface area (Å²) in [4.78, 5) is 12.0. The number of carboxylic acids is 1. The third kappa shape index (κ3) is 3.32. The van der Waals surface area contributed by atoms with Gasteiger partial charge in [0.05, 0.1) is 5.92 Å². The van der Waals surface area contributed by atoms with E-state index in [1.165, 1.54) is 4.88 Å². The average molecular weight is 227 g/mol. The second-order valence-electron chi connectivity index (χ2n) is 3.82. The Morgan fingerprint density at radius 1 is 1.47 bits per heavy atom. The van der Waals surface area contributed by atoms with Crippen molar-refractivity contribution in [2.45, 2.75) is 32.9 Å². The normalized spacial score (nSPS) is 17.0. The molecule has 0 fully saturated rings. The topological polar surface area (TPSA) is 49.3 Å². The lowest BCUT2D eigenvalue weighted by Gasteiger charge is -2.22. The van der Waals surface area contributed by atoms with Crippen molar-refractivity contribution < 1.29 is 9.90 Å². The summed E-state index contributed by atoms with van der Waals surface area (Å²) in [6.07, 6.45) is 0. The lowest BCUT2D eigenvalue weighted by molar-refractivity contribution is -0.142. The Labute approximate surface area is 94.1 Å². The minimum atomic E-state index is -0.756. The maximum absolute atomic E-state index is 10.8. The number of aliphatic carboxylic acids is 1. The van der Waals surface area contributed by atoms with Crippen molar-refractivity contribution in [2.24, 2.45) is 5.92 Å². The molecule has 15 heavy (non-hydrogen) atoms. The fraction of sp³-hybridized carbons (Fsp3) is 0.545. The monoisotopic (exact) mass is 227 g/mol. The number of thiophene rings is 1. The van der Waals surface area contributed by atoms with Gasteiger partial charge in [-0.05, 0) is 25.3 Å². The first-order chi connectivity index (χ1) is 7.02. The molecule has 84 valence electrons. The van der Waals surface area contributed by atoms with Gasteiger partial charge in [-0.25, -0.2) is 0 Å². The quantitative estimate of drug-likeness (QED) is 0.812. The van der Waals surface area contributed by atoms with Crippen LogP contribution in [0, 0.1) is 5.92 Å². The summed E-state index contributed by atoms with van der Waals surface area (Å²) < 4.78 is 0. The second kappa shape index (κ2) is 5.28. The van der Waals surface area contributed by atoms with Crippen molar-refractivity contribution in [3.05, 3.63) is 22.4 Å². The van der Waals surface area contributed by atoms with Crippen molar-refractivity contribution >= 4 is 17.3 Å². The van der Waals surface area contributed by atoms with Crippen LogP contribution in [0.5, 0.6) is 0 Å². The molecule has 4 heteroatoms. The van der Waals surface area contributed by atoms with Crippen LogP contribution in [0.25, 0.3) is 0 Å². The zero-order chi connectivity index (χ0) is 11.4. The number of nitrogens with one attached hydrogen (secondary N) is 1. The van der Waals surface area contributed by atoms with Crippen LogP contribution in [0.15, 0.2) is 17.5 Å². The van der Waals surface area contributed by atoms with Crippen molar-refractivity contribution in [1.82, 2.24) is 5.32 Å². The highest BCUT2D eigenvalue weighted by Gasteiger charge is 2.21. The van der Waals surface area contributed by atoms with E-state index in [2.05, 4.69) is 18.3 Å². The van der Waals surface area contributed by atoms with E-state index in [0.29, 0.717) is 0 Å². The summed E-state index contributed by atoms with van der Waals surface area (Å²) in [5.74, 6) is -1.12. The van der Waals surface area contributed by atoms with Crippen LogP contribution in [-0.4, -0.2) is 17.1 Å². The van der Waals surface area contributed by atoms with E-state index in [9.17, 15) is 4.79 Å². The second-order valence-corrected chi connectivity index (χ2v) is 4.80. The van der Waals surface area contributed by atoms with Gasteiger partial charge in [0.1, 0.15) is 0 Å². The van der Waals surface area contributed by atoms with Crippen molar-refractivity contribution in [1.29, 1.82) is 0 Å². The SMILES string of the molecule is CC(NC(C)C(C)C(=O)O)c1cccs1. The fourth-order valence-electron chi connectivity index (χ4n) is 1.37. The lowest BCUT2D eigenvalue weighted by Crippen LogP contribution is -2.37.